The fraction of sp³-hybridized carbons (Fsp3) is 0.182. The summed E-state index contributed by atoms with van der Waals surface area (Å²) in [5.74, 6) is 1.51. The monoisotopic (exact) mass is 380 g/mol. The van der Waals surface area contributed by atoms with E-state index >= 15 is 0 Å². The molecule has 0 bridgehead atoms. The lowest BCUT2D eigenvalue weighted by Gasteiger charge is -2.13. The van der Waals surface area contributed by atoms with Gasteiger partial charge in [0.1, 0.15) is 6.61 Å². The molecule has 4 nitrogen and oxygen atoms in total. The van der Waals surface area contributed by atoms with E-state index in [-0.39, 0.29) is 0 Å². The van der Waals surface area contributed by atoms with Gasteiger partial charge in [0.25, 0.3) is 0 Å². The van der Waals surface area contributed by atoms with Crippen molar-refractivity contribution in [2.24, 2.45) is 0 Å². The predicted molar refractivity (Wildman–Crippen MR) is 112 cm³/mol. The predicted octanol–water partition coefficient (Wildman–Crippen LogP) is 4.60. The van der Waals surface area contributed by atoms with Crippen molar-refractivity contribution in [3.05, 3.63) is 78.4 Å². The van der Waals surface area contributed by atoms with Crippen LogP contribution in [0.4, 0.5) is 5.69 Å². The van der Waals surface area contributed by atoms with Gasteiger partial charge in [-0.2, -0.15) is 0 Å². The molecule has 140 valence electrons. The Balaban J connectivity index is 1.52. The first-order valence-electron chi connectivity index (χ1n) is 8.84. The quantitative estimate of drug-likeness (QED) is 0.420. The molecule has 3 N–H and O–H groups in total. The van der Waals surface area contributed by atoms with Gasteiger partial charge < -0.3 is 20.5 Å². The van der Waals surface area contributed by atoms with E-state index in [4.69, 9.17) is 15.2 Å². The van der Waals surface area contributed by atoms with E-state index in [0.29, 0.717) is 6.61 Å². The van der Waals surface area contributed by atoms with Gasteiger partial charge in [-0.05, 0) is 35.9 Å². The number of hydrogen-bond donors (Lipinski definition) is 2. The molecule has 0 radical (unpaired) electrons. The number of rotatable bonds is 9. The zero-order valence-corrected chi connectivity index (χ0v) is 16.2. The van der Waals surface area contributed by atoms with Crippen LogP contribution in [0.5, 0.6) is 11.5 Å². The molecule has 3 rings (SSSR count). The molecule has 0 aliphatic rings. The summed E-state index contributed by atoms with van der Waals surface area (Å²) in [4.78, 5) is 2.28. The normalized spacial score (nSPS) is 10.6. The minimum absolute atomic E-state index is 0.571. The van der Waals surface area contributed by atoms with E-state index in [1.807, 2.05) is 48.5 Å². The van der Waals surface area contributed by atoms with Crippen LogP contribution in [-0.2, 0) is 6.54 Å². The van der Waals surface area contributed by atoms with Crippen molar-refractivity contribution in [1.82, 2.24) is 5.32 Å². The maximum absolute atomic E-state index is 6.07. The highest BCUT2D eigenvalue weighted by molar-refractivity contribution is 7.99. The van der Waals surface area contributed by atoms with E-state index in [1.165, 1.54) is 10.5 Å². The molecule has 27 heavy (non-hydrogen) atoms. The van der Waals surface area contributed by atoms with Gasteiger partial charge in [-0.3, -0.25) is 0 Å². The summed E-state index contributed by atoms with van der Waals surface area (Å²) in [7, 11) is 1.65. The molecule has 0 unspecified atom stereocenters. The highest BCUT2D eigenvalue weighted by Crippen LogP contribution is 2.33. The second kappa shape index (κ2) is 9.90. The Bertz CT molecular complexity index is 870. The third-order valence-corrected chi connectivity index (χ3v) is 5.24. The molecule has 0 aromatic heterocycles. The van der Waals surface area contributed by atoms with Crippen LogP contribution in [0.25, 0.3) is 0 Å². The lowest BCUT2D eigenvalue weighted by atomic mass is 10.2. The number of nitrogen functional groups attached to an aromatic ring is 1. The van der Waals surface area contributed by atoms with Crippen LogP contribution < -0.4 is 20.5 Å². The highest BCUT2D eigenvalue weighted by Gasteiger charge is 2.06. The molecule has 0 fully saturated rings. The zero-order chi connectivity index (χ0) is 18.9. The Morgan fingerprint density at radius 3 is 2.30 bits per heavy atom. The van der Waals surface area contributed by atoms with Gasteiger partial charge in [0.15, 0.2) is 11.5 Å². The molecule has 3 aromatic carbocycles. The molecule has 0 atom stereocenters. The SMILES string of the molecule is COc1ccccc1OCCNCc1ccccc1Sc1ccccc1N. The lowest BCUT2D eigenvalue weighted by molar-refractivity contribution is 0.292. The lowest BCUT2D eigenvalue weighted by Crippen LogP contribution is -2.21. The van der Waals surface area contributed by atoms with E-state index in [1.54, 1.807) is 18.9 Å². The Labute approximate surface area is 164 Å². The van der Waals surface area contributed by atoms with Crippen LogP contribution in [-0.4, -0.2) is 20.3 Å². The smallest absolute Gasteiger partial charge is 0.161 e. The molecule has 5 heteroatoms. The number of methoxy groups -OCH3 is 1. The number of para-hydroxylation sites is 3. The molecular weight excluding hydrogens is 356 g/mol. The van der Waals surface area contributed by atoms with Gasteiger partial charge in [-0.15, -0.1) is 0 Å². The van der Waals surface area contributed by atoms with Crippen LogP contribution in [0.1, 0.15) is 5.56 Å². The number of anilines is 1. The maximum atomic E-state index is 6.07. The first kappa shape index (κ1) is 19.1. The van der Waals surface area contributed by atoms with E-state index in [2.05, 4.69) is 29.6 Å². The maximum Gasteiger partial charge on any atom is 0.161 e. The number of ether oxygens (including phenoxy) is 2. The number of nitrogens with one attached hydrogen (secondary N) is 1. The minimum atomic E-state index is 0.571. The van der Waals surface area contributed by atoms with Gasteiger partial charge in [-0.1, -0.05) is 54.2 Å². The van der Waals surface area contributed by atoms with Gasteiger partial charge in [-0.25, -0.2) is 0 Å². The third kappa shape index (κ3) is 5.42. The van der Waals surface area contributed by atoms with Crippen molar-refractivity contribution >= 4 is 17.4 Å². The molecule has 0 heterocycles. The third-order valence-electron chi connectivity index (χ3n) is 4.03. The highest BCUT2D eigenvalue weighted by atomic mass is 32.2. The molecule has 0 saturated carbocycles. The Hall–Kier alpha value is -2.63. The van der Waals surface area contributed by atoms with Crippen molar-refractivity contribution in [2.75, 3.05) is 26.0 Å². The Morgan fingerprint density at radius 1 is 0.852 bits per heavy atom. The van der Waals surface area contributed by atoms with E-state index in [0.717, 1.165) is 35.2 Å². The molecule has 0 aliphatic carbocycles. The van der Waals surface area contributed by atoms with Crippen LogP contribution >= 0.6 is 11.8 Å². The van der Waals surface area contributed by atoms with Crippen molar-refractivity contribution < 1.29 is 9.47 Å². The van der Waals surface area contributed by atoms with Crippen LogP contribution in [0.3, 0.4) is 0 Å². The van der Waals surface area contributed by atoms with Crippen molar-refractivity contribution in [3.63, 3.8) is 0 Å². The average molecular weight is 381 g/mol. The fourth-order valence-electron chi connectivity index (χ4n) is 2.64. The largest absolute Gasteiger partial charge is 0.493 e. The van der Waals surface area contributed by atoms with E-state index < -0.39 is 0 Å². The van der Waals surface area contributed by atoms with Crippen molar-refractivity contribution in [1.29, 1.82) is 0 Å². The van der Waals surface area contributed by atoms with Crippen LogP contribution in [0.15, 0.2) is 82.6 Å². The molecule has 0 aliphatic heterocycles. The van der Waals surface area contributed by atoms with E-state index in [9.17, 15) is 0 Å². The number of hydrogen-bond acceptors (Lipinski definition) is 5. The second-order valence-electron chi connectivity index (χ2n) is 5.92. The van der Waals surface area contributed by atoms with Gasteiger partial charge in [0, 0.05) is 28.6 Å². The van der Waals surface area contributed by atoms with Crippen molar-refractivity contribution in [3.8, 4) is 11.5 Å². The summed E-state index contributed by atoms with van der Waals surface area (Å²) < 4.78 is 11.1. The number of nitrogens with two attached hydrogens (primary N) is 1. The zero-order valence-electron chi connectivity index (χ0n) is 15.4. The summed E-state index contributed by atoms with van der Waals surface area (Å²) in [6.07, 6.45) is 0. The molecular formula is C22H24N2O2S. The van der Waals surface area contributed by atoms with Crippen LogP contribution in [0, 0.1) is 0 Å². The van der Waals surface area contributed by atoms with Gasteiger partial charge in [0.2, 0.25) is 0 Å². The van der Waals surface area contributed by atoms with Crippen LogP contribution in [0.2, 0.25) is 0 Å². The summed E-state index contributed by atoms with van der Waals surface area (Å²) in [6.45, 7) is 2.08. The fourth-order valence-corrected chi connectivity index (χ4v) is 3.62. The summed E-state index contributed by atoms with van der Waals surface area (Å²) in [6, 6.07) is 24.0. The first-order chi connectivity index (χ1) is 13.3. The Kier molecular flexibility index (Phi) is 7.02. The summed E-state index contributed by atoms with van der Waals surface area (Å²) in [5.41, 5.74) is 8.11. The summed E-state index contributed by atoms with van der Waals surface area (Å²) >= 11 is 1.69. The molecule has 0 spiro atoms. The standard InChI is InChI=1S/C22H24N2O2S/c1-25-19-10-4-5-11-20(19)26-15-14-24-16-17-8-2-6-12-21(17)27-22-13-7-3-9-18(22)23/h2-13,24H,14-16,23H2,1H3. The number of benzene rings is 3. The van der Waals surface area contributed by atoms with Gasteiger partial charge >= 0.3 is 0 Å². The molecule has 0 saturated heterocycles. The topological polar surface area (TPSA) is 56.5 Å². The Morgan fingerprint density at radius 2 is 1.52 bits per heavy atom. The van der Waals surface area contributed by atoms with Gasteiger partial charge in [0.05, 0.1) is 7.11 Å². The minimum Gasteiger partial charge on any atom is -0.493 e. The average Bonchev–Trinajstić information content (AvgIpc) is 2.71. The second-order valence-corrected chi connectivity index (χ2v) is 7.01. The molecule has 3 aromatic rings. The van der Waals surface area contributed by atoms with Crippen molar-refractivity contribution in [2.45, 2.75) is 16.3 Å². The summed E-state index contributed by atoms with van der Waals surface area (Å²) in [5, 5.41) is 3.44. The first-order valence-corrected chi connectivity index (χ1v) is 9.66. The molecule has 0 amide bonds.